The topological polar surface area (TPSA) is 87.0 Å². The van der Waals surface area contributed by atoms with Crippen LogP contribution in [0.2, 0.25) is 5.02 Å². The Morgan fingerprint density at radius 3 is 2.68 bits per heavy atom. The molecule has 0 heterocycles. The molecule has 1 fully saturated rings. The van der Waals surface area contributed by atoms with Gasteiger partial charge in [-0.2, -0.15) is 5.26 Å². The van der Waals surface area contributed by atoms with Gasteiger partial charge >= 0.3 is 0 Å². The zero-order valence-corrected chi connectivity index (χ0v) is 11.5. The first-order valence-electron chi connectivity index (χ1n) is 5.67. The standard InChI is InChI=1S/C12H11ClN2O3S/c13-11-6-10(4-3-9(11)7-14)19(17,18)15-12(16)5-8-1-2-8/h3-4,6,8H,1-2,5H2,(H,15,16). The molecule has 100 valence electrons. The van der Waals surface area contributed by atoms with E-state index in [2.05, 4.69) is 0 Å². The van der Waals surface area contributed by atoms with Gasteiger partial charge in [0.1, 0.15) is 6.07 Å². The van der Waals surface area contributed by atoms with Crippen LogP contribution in [0.25, 0.3) is 0 Å². The van der Waals surface area contributed by atoms with Gasteiger partial charge in [-0.25, -0.2) is 13.1 Å². The lowest BCUT2D eigenvalue weighted by Crippen LogP contribution is -2.30. The molecule has 0 spiro atoms. The quantitative estimate of drug-likeness (QED) is 0.918. The number of carbonyl (C=O) groups excluding carboxylic acids is 1. The molecule has 0 unspecified atom stereocenters. The molecule has 1 aromatic carbocycles. The van der Waals surface area contributed by atoms with Crippen molar-refractivity contribution in [3.63, 3.8) is 0 Å². The van der Waals surface area contributed by atoms with Gasteiger partial charge in [-0.1, -0.05) is 11.6 Å². The van der Waals surface area contributed by atoms with Gasteiger partial charge in [-0.05, 0) is 37.0 Å². The van der Waals surface area contributed by atoms with E-state index in [9.17, 15) is 13.2 Å². The van der Waals surface area contributed by atoms with Crippen LogP contribution in [-0.2, 0) is 14.8 Å². The number of nitriles is 1. The maximum absolute atomic E-state index is 11.9. The van der Waals surface area contributed by atoms with Crippen LogP contribution < -0.4 is 4.72 Å². The third-order valence-corrected chi connectivity index (χ3v) is 4.47. The lowest BCUT2D eigenvalue weighted by atomic mass is 10.2. The summed E-state index contributed by atoms with van der Waals surface area (Å²) in [5, 5.41) is 8.75. The highest BCUT2D eigenvalue weighted by molar-refractivity contribution is 7.90. The van der Waals surface area contributed by atoms with Crippen molar-refractivity contribution in [2.75, 3.05) is 0 Å². The zero-order valence-electron chi connectivity index (χ0n) is 9.89. The SMILES string of the molecule is N#Cc1ccc(S(=O)(=O)NC(=O)CC2CC2)cc1Cl. The summed E-state index contributed by atoms with van der Waals surface area (Å²) in [6.07, 6.45) is 2.16. The Labute approximate surface area is 116 Å². The van der Waals surface area contributed by atoms with E-state index in [0.717, 1.165) is 18.9 Å². The third-order valence-electron chi connectivity index (χ3n) is 2.79. The van der Waals surface area contributed by atoms with Crippen LogP contribution in [0.5, 0.6) is 0 Å². The molecule has 1 N–H and O–H groups in total. The Morgan fingerprint density at radius 1 is 1.47 bits per heavy atom. The first kappa shape index (κ1) is 13.8. The number of hydrogen-bond donors (Lipinski definition) is 1. The Hall–Kier alpha value is -1.58. The first-order chi connectivity index (χ1) is 8.92. The molecule has 0 atom stereocenters. The molecule has 1 saturated carbocycles. The van der Waals surface area contributed by atoms with Crippen molar-refractivity contribution in [3.8, 4) is 6.07 Å². The van der Waals surface area contributed by atoms with E-state index in [0.29, 0.717) is 5.92 Å². The van der Waals surface area contributed by atoms with Crippen LogP contribution in [0.3, 0.4) is 0 Å². The van der Waals surface area contributed by atoms with Crippen LogP contribution in [0, 0.1) is 17.2 Å². The second kappa shape index (κ2) is 5.19. The van der Waals surface area contributed by atoms with Crippen LogP contribution in [0.4, 0.5) is 0 Å². The minimum absolute atomic E-state index is 0.0417. The molecule has 0 aromatic heterocycles. The Balaban J connectivity index is 2.16. The van der Waals surface area contributed by atoms with Gasteiger partial charge < -0.3 is 0 Å². The summed E-state index contributed by atoms with van der Waals surface area (Å²) >= 11 is 5.77. The number of rotatable bonds is 4. The maximum atomic E-state index is 11.9. The van der Waals surface area contributed by atoms with Crippen LogP contribution in [-0.4, -0.2) is 14.3 Å². The minimum atomic E-state index is -3.92. The van der Waals surface area contributed by atoms with Crippen LogP contribution >= 0.6 is 11.6 Å². The molecule has 19 heavy (non-hydrogen) atoms. The van der Waals surface area contributed by atoms with Crippen molar-refractivity contribution in [2.45, 2.75) is 24.2 Å². The van der Waals surface area contributed by atoms with Crippen molar-refractivity contribution in [1.82, 2.24) is 4.72 Å². The lowest BCUT2D eigenvalue weighted by Gasteiger charge is -2.07. The Bertz CT molecular complexity index is 660. The van der Waals surface area contributed by atoms with E-state index in [-0.39, 0.29) is 21.9 Å². The van der Waals surface area contributed by atoms with Gasteiger partial charge in [0.25, 0.3) is 10.0 Å². The Kier molecular flexibility index (Phi) is 3.78. The molecule has 5 nitrogen and oxygen atoms in total. The fourth-order valence-electron chi connectivity index (χ4n) is 1.59. The molecule has 1 aromatic rings. The van der Waals surface area contributed by atoms with Gasteiger partial charge in [0.2, 0.25) is 5.91 Å². The maximum Gasteiger partial charge on any atom is 0.264 e. The molecule has 0 bridgehead atoms. The molecule has 1 amide bonds. The van der Waals surface area contributed by atoms with Gasteiger partial charge in [-0.3, -0.25) is 4.79 Å². The monoisotopic (exact) mass is 298 g/mol. The molecule has 0 aliphatic heterocycles. The average molecular weight is 299 g/mol. The number of amides is 1. The molecule has 7 heteroatoms. The smallest absolute Gasteiger partial charge is 0.264 e. The summed E-state index contributed by atoms with van der Waals surface area (Å²) in [7, 11) is -3.92. The summed E-state index contributed by atoms with van der Waals surface area (Å²) in [6.45, 7) is 0. The summed E-state index contributed by atoms with van der Waals surface area (Å²) in [6, 6.07) is 5.55. The number of halogens is 1. The number of hydrogen-bond acceptors (Lipinski definition) is 4. The summed E-state index contributed by atoms with van der Waals surface area (Å²) in [5.74, 6) is -0.206. The van der Waals surface area contributed by atoms with Crippen LogP contribution in [0.1, 0.15) is 24.8 Å². The van der Waals surface area contributed by atoms with E-state index in [4.69, 9.17) is 16.9 Å². The van der Waals surface area contributed by atoms with Gasteiger partial charge in [0.05, 0.1) is 15.5 Å². The first-order valence-corrected chi connectivity index (χ1v) is 7.54. The highest BCUT2D eigenvalue weighted by atomic mass is 35.5. The van der Waals surface area contributed by atoms with E-state index < -0.39 is 15.9 Å². The largest absolute Gasteiger partial charge is 0.274 e. The highest BCUT2D eigenvalue weighted by Crippen LogP contribution is 2.32. The van der Waals surface area contributed by atoms with E-state index in [1.54, 1.807) is 0 Å². The number of benzene rings is 1. The summed E-state index contributed by atoms with van der Waals surface area (Å²) in [4.78, 5) is 11.4. The molecular formula is C12H11ClN2O3S. The van der Waals surface area contributed by atoms with Crippen molar-refractivity contribution in [1.29, 1.82) is 5.26 Å². The third kappa shape index (κ3) is 3.46. The highest BCUT2D eigenvalue weighted by Gasteiger charge is 2.27. The number of nitrogens with zero attached hydrogens (tertiary/aromatic N) is 1. The van der Waals surface area contributed by atoms with Crippen LogP contribution in [0.15, 0.2) is 23.1 Å². The molecule has 1 aliphatic rings. The number of carbonyl (C=O) groups is 1. The zero-order chi connectivity index (χ0) is 14.0. The second-order valence-corrected chi connectivity index (χ2v) is 6.52. The van der Waals surface area contributed by atoms with E-state index >= 15 is 0 Å². The molecule has 2 rings (SSSR count). The predicted octanol–water partition coefficient (Wildman–Crippen LogP) is 1.82. The van der Waals surface area contributed by atoms with Crippen molar-refractivity contribution in [2.24, 2.45) is 5.92 Å². The molecule has 1 aliphatic carbocycles. The van der Waals surface area contributed by atoms with E-state index in [1.807, 2.05) is 10.8 Å². The Morgan fingerprint density at radius 2 is 2.16 bits per heavy atom. The fraction of sp³-hybridized carbons (Fsp3) is 0.333. The van der Waals surface area contributed by atoms with Gasteiger partial charge in [-0.15, -0.1) is 0 Å². The molecule has 0 saturated heterocycles. The van der Waals surface area contributed by atoms with Crippen molar-refractivity contribution in [3.05, 3.63) is 28.8 Å². The second-order valence-electron chi connectivity index (χ2n) is 4.43. The van der Waals surface area contributed by atoms with Gasteiger partial charge in [0.15, 0.2) is 0 Å². The normalized spacial score (nSPS) is 14.7. The van der Waals surface area contributed by atoms with Gasteiger partial charge in [0, 0.05) is 6.42 Å². The summed E-state index contributed by atoms with van der Waals surface area (Å²) in [5.41, 5.74) is 0.185. The van der Waals surface area contributed by atoms with Crippen molar-refractivity contribution >= 4 is 27.5 Å². The minimum Gasteiger partial charge on any atom is -0.274 e. The molecule has 0 radical (unpaired) electrons. The van der Waals surface area contributed by atoms with E-state index in [1.165, 1.54) is 12.1 Å². The predicted molar refractivity (Wildman–Crippen MR) is 68.8 cm³/mol. The average Bonchev–Trinajstić information content (AvgIpc) is 3.11. The number of nitrogens with one attached hydrogen (secondary N) is 1. The summed E-state index contributed by atoms with van der Waals surface area (Å²) < 4.78 is 25.8. The molecular weight excluding hydrogens is 288 g/mol. The lowest BCUT2D eigenvalue weighted by molar-refractivity contribution is -0.119. The fourth-order valence-corrected chi connectivity index (χ4v) is 2.90. The number of sulfonamides is 1. The van der Waals surface area contributed by atoms with Crippen molar-refractivity contribution < 1.29 is 13.2 Å².